The van der Waals surface area contributed by atoms with E-state index in [1.807, 2.05) is 53.4 Å². The van der Waals surface area contributed by atoms with Gasteiger partial charge in [-0.15, -0.1) is 0 Å². The lowest BCUT2D eigenvalue weighted by molar-refractivity contribution is -0.117. The maximum Gasteiger partial charge on any atom is 0.254 e. The first-order valence-corrected chi connectivity index (χ1v) is 12.3. The summed E-state index contributed by atoms with van der Waals surface area (Å²) < 4.78 is 0. The molecule has 188 valence electrons. The van der Waals surface area contributed by atoms with Crippen LogP contribution < -0.4 is 21.3 Å². The summed E-state index contributed by atoms with van der Waals surface area (Å²) in [4.78, 5) is 35.0. The van der Waals surface area contributed by atoms with Gasteiger partial charge in [0.2, 0.25) is 11.9 Å². The van der Waals surface area contributed by atoms with Crippen molar-refractivity contribution in [3.63, 3.8) is 0 Å². The average Bonchev–Trinajstić information content (AvgIpc) is 3.31. The smallest absolute Gasteiger partial charge is 0.254 e. The number of carbonyl (C=O) groups excluding carboxylic acids is 2. The van der Waals surface area contributed by atoms with E-state index in [4.69, 9.17) is 5.73 Å². The van der Waals surface area contributed by atoms with Crippen molar-refractivity contribution in [3.05, 3.63) is 60.3 Å². The number of nitrogens with zero attached hydrogens (tertiary/aromatic N) is 3. The Kier molecular flexibility index (Phi) is 7.83. The van der Waals surface area contributed by atoms with Crippen LogP contribution in [0.3, 0.4) is 0 Å². The predicted octanol–water partition coefficient (Wildman–Crippen LogP) is 5.49. The predicted molar refractivity (Wildman–Crippen MR) is 145 cm³/mol. The topological polar surface area (TPSA) is 113 Å². The normalized spacial score (nSPS) is 15.9. The zero-order chi connectivity index (χ0) is 24.2. The molecule has 5 rings (SSSR count). The number of hydrogen-bond acceptors (Lipinski definition) is 6. The Morgan fingerprint density at radius 3 is 2.47 bits per heavy atom. The number of aromatic nitrogens is 2. The first kappa shape index (κ1) is 25.2. The molecule has 1 saturated heterocycles. The summed E-state index contributed by atoms with van der Waals surface area (Å²) in [6, 6.07) is 16.2. The Hall–Kier alpha value is -3.94. The summed E-state index contributed by atoms with van der Waals surface area (Å²) in [5.41, 5.74) is 9.51. The second-order valence-corrected chi connectivity index (χ2v) is 9.20. The molecule has 1 saturated carbocycles. The molecule has 0 spiro atoms. The summed E-state index contributed by atoms with van der Waals surface area (Å²) in [7, 11) is 0. The van der Waals surface area contributed by atoms with Crippen LogP contribution in [0.5, 0.6) is 0 Å². The van der Waals surface area contributed by atoms with Crippen LogP contribution in [-0.4, -0.2) is 34.4 Å². The molecule has 36 heavy (non-hydrogen) atoms. The number of primary amides is 1. The quantitative estimate of drug-likeness (QED) is 0.407. The van der Waals surface area contributed by atoms with Gasteiger partial charge >= 0.3 is 0 Å². The second-order valence-electron chi connectivity index (χ2n) is 9.20. The van der Waals surface area contributed by atoms with Crippen molar-refractivity contribution in [3.8, 4) is 11.1 Å². The van der Waals surface area contributed by atoms with Gasteiger partial charge in [-0.05, 0) is 54.7 Å². The van der Waals surface area contributed by atoms with E-state index in [1.54, 1.807) is 0 Å². The number of anilines is 4. The Bertz CT molecular complexity index is 1240. The minimum absolute atomic E-state index is 0. The van der Waals surface area contributed by atoms with Crippen molar-refractivity contribution in [2.75, 3.05) is 22.1 Å². The Morgan fingerprint density at radius 2 is 1.75 bits per heavy atom. The van der Waals surface area contributed by atoms with E-state index >= 15 is 0 Å². The van der Waals surface area contributed by atoms with Gasteiger partial charge in [-0.3, -0.25) is 9.59 Å². The highest BCUT2D eigenvalue weighted by atomic mass is 16.2. The molecular formula is C28H34N6O2. The first-order valence-electron chi connectivity index (χ1n) is 12.3. The van der Waals surface area contributed by atoms with Crippen LogP contribution in [0.25, 0.3) is 11.1 Å². The van der Waals surface area contributed by atoms with Gasteiger partial charge in [-0.25, -0.2) is 4.98 Å². The van der Waals surface area contributed by atoms with Crippen LogP contribution in [0.1, 0.15) is 62.7 Å². The lowest BCUT2D eigenvalue weighted by Gasteiger charge is -2.23. The fourth-order valence-corrected chi connectivity index (χ4v) is 4.84. The molecule has 0 unspecified atom stereocenters. The van der Waals surface area contributed by atoms with Crippen LogP contribution in [0.2, 0.25) is 0 Å². The Morgan fingerprint density at radius 1 is 1.00 bits per heavy atom. The van der Waals surface area contributed by atoms with Crippen LogP contribution in [0.4, 0.5) is 23.1 Å². The zero-order valence-electron chi connectivity index (χ0n) is 19.7. The van der Waals surface area contributed by atoms with Crippen molar-refractivity contribution in [1.29, 1.82) is 0 Å². The third-order valence-corrected chi connectivity index (χ3v) is 6.68. The lowest BCUT2D eigenvalue weighted by Crippen LogP contribution is -2.24. The van der Waals surface area contributed by atoms with E-state index in [-0.39, 0.29) is 18.9 Å². The maximum atomic E-state index is 12.2. The maximum absolute atomic E-state index is 12.2. The van der Waals surface area contributed by atoms with E-state index in [9.17, 15) is 9.59 Å². The van der Waals surface area contributed by atoms with Gasteiger partial charge in [-0.2, -0.15) is 4.98 Å². The lowest BCUT2D eigenvalue weighted by atomic mass is 9.96. The molecule has 2 amide bonds. The van der Waals surface area contributed by atoms with Gasteiger partial charge in [-0.1, -0.05) is 51.0 Å². The number of amides is 2. The van der Waals surface area contributed by atoms with Gasteiger partial charge < -0.3 is 21.3 Å². The molecule has 4 N–H and O–H groups in total. The molecule has 0 atom stereocenters. The molecule has 2 heterocycles. The summed E-state index contributed by atoms with van der Waals surface area (Å²) in [6.45, 7) is 0.755. The molecule has 3 aromatic rings. The van der Waals surface area contributed by atoms with Gasteiger partial charge in [0.15, 0.2) is 0 Å². The summed E-state index contributed by atoms with van der Waals surface area (Å²) in [6.07, 6.45) is 8.80. The molecule has 8 nitrogen and oxygen atoms in total. The van der Waals surface area contributed by atoms with Crippen LogP contribution in [0.15, 0.2) is 54.7 Å². The number of nitrogens with two attached hydrogens (primary N) is 1. The summed E-state index contributed by atoms with van der Waals surface area (Å²) >= 11 is 0. The standard InChI is InChI=1S/C27H30N6O2.CH4/c28-25(35)23-17-29-27(31-20-9-2-1-3-10-20)32-26(23)30-21-11-4-7-18(15-21)19-8-5-12-22(16-19)33-14-6-13-24(33)34;/h4-5,7-8,11-12,15-17,20H,1-3,6,9-10,13-14H2,(H2,28,35)(H2,29,30,31,32);1H4. The van der Waals surface area contributed by atoms with Crippen molar-refractivity contribution < 1.29 is 9.59 Å². The van der Waals surface area contributed by atoms with Crippen molar-refractivity contribution >= 4 is 35.0 Å². The molecule has 0 radical (unpaired) electrons. The third-order valence-electron chi connectivity index (χ3n) is 6.68. The largest absolute Gasteiger partial charge is 0.365 e. The molecule has 1 aromatic heterocycles. The molecule has 2 aliphatic rings. The fraction of sp³-hybridized carbons (Fsp3) is 0.357. The summed E-state index contributed by atoms with van der Waals surface area (Å²) in [5, 5.41) is 6.66. The first-order chi connectivity index (χ1) is 17.1. The fourth-order valence-electron chi connectivity index (χ4n) is 4.84. The van der Waals surface area contributed by atoms with Crippen molar-refractivity contribution in [1.82, 2.24) is 9.97 Å². The molecule has 8 heteroatoms. The van der Waals surface area contributed by atoms with Gasteiger partial charge in [0.1, 0.15) is 11.4 Å². The van der Waals surface area contributed by atoms with E-state index in [0.717, 1.165) is 48.3 Å². The van der Waals surface area contributed by atoms with Crippen molar-refractivity contribution in [2.24, 2.45) is 5.73 Å². The van der Waals surface area contributed by atoms with Crippen LogP contribution in [0, 0.1) is 0 Å². The van der Waals surface area contributed by atoms with E-state index < -0.39 is 5.91 Å². The minimum Gasteiger partial charge on any atom is -0.365 e. The van der Waals surface area contributed by atoms with E-state index in [0.29, 0.717) is 24.2 Å². The molecular weight excluding hydrogens is 452 g/mol. The number of carbonyl (C=O) groups is 2. The van der Waals surface area contributed by atoms with Gasteiger partial charge in [0.25, 0.3) is 5.91 Å². The minimum atomic E-state index is -0.587. The highest BCUT2D eigenvalue weighted by molar-refractivity contribution is 5.98. The van der Waals surface area contributed by atoms with Gasteiger partial charge in [0, 0.05) is 36.6 Å². The average molecular weight is 487 g/mol. The number of rotatable bonds is 7. The molecule has 2 fully saturated rings. The van der Waals surface area contributed by atoms with E-state index in [2.05, 4.69) is 20.6 Å². The van der Waals surface area contributed by atoms with Crippen LogP contribution in [-0.2, 0) is 4.79 Å². The number of nitrogens with one attached hydrogen (secondary N) is 2. The van der Waals surface area contributed by atoms with Gasteiger partial charge in [0.05, 0.1) is 0 Å². The Labute approximate surface area is 212 Å². The second kappa shape index (κ2) is 11.2. The summed E-state index contributed by atoms with van der Waals surface area (Å²) in [5.74, 6) is 0.441. The SMILES string of the molecule is C.NC(=O)c1cnc(NC2CCCCC2)nc1Nc1cccc(-c2cccc(N3CCCC3=O)c2)c1. The molecule has 1 aliphatic heterocycles. The van der Waals surface area contributed by atoms with Crippen molar-refractivity contribution in [2.45, 2.75) is 58.4 Å². The molecule has 0 bridgehead atoms. The van der Waals surface area contributed by atoms with E-state index in [1.165, 1.54) is 25.5 Å². The number of benzene rings is 2. The number of hydrogen-bond donors (Lipinski definition) is 3. The highest BCUT2D eigenvalue weighted by Gasteiger charge is 2.22. The monoisotopic (exact) mass is 486 g/mol. The highest BCUT2D eigenvalue weighted by Crippen LogP contribution is 2.30. The molecule has 2 aromatic carbocycles. The Balaban J connectivity index is 0.00000304. The zero-order valence-corrected chi connectivity index (χ0v) is 19.7. The third kappa shape index (κ3) is 5.64. The van der Waals surface area contributed by atoms with Crippen LogP contribution >= 0.6 is 0 Å². The molecule has 1 aliphatic carbocycles.